The first-order valence-corrected chi connectivity index (χ1v) is 11.3. The van der Waals surface area contributed by atoms with E-state index in [1.54, 1.807) is 30.5 Å². The molecule has 3 heterocycles. The number of nitrogens with zero attached hydrogens (tertiary/aromatic N) is 3. The zero-order valence-electron chi connectivity index (χ0n) is 15.8. The third-order valence-corrected chi connectivity index (χ3v) is 6.13. The molecule has 9 heteroatoms. The number of H-pyrrole nitrogens is 2. The molecule has 0 bridgehead atoms. The van der Waals surface area contributed by atoms with Crippen LogP contribution in [0.3, 0.4) is 0 Å². The van der Waals surface area contributed by atoms with Crippen molar-refractivity contribution in [2.75, 3.05) is 23.4 Å². The number of aromatic nitrogens is 5. The van der Waals surface area contributed by atoms with E-state index >= 15 is 0 Å². The summed E-state index contributed by atoms with van der Waals surface area (Å²) >= 11 is 3.33. The Balaban J connectivity index is 1.35. The molecule has 148 valence electrons. The first-order chi connectivity index (χ1) is 13.7. The van der Waals surface area contributed by atoms with Gasteiger partial charge in [0.2, 0.25) is 5.95 Å². The van der Waals surface area contributed by atoms with Crippen molar-refractivity contribution in [2.24, 2.45) is 0 Å². The first kappa shape index (κ1) is 20.5. The van der Waals surface area contributed by atoms with Crippen molar-refractivity contribution in [3.8, 4) is 0 Å². The molecular weight excluding hydrogens is 392 g/mol. The number of aryl methyl sites for hydroxylation is 2. The van der Waals surface area contributed by atoms with Crippen LogP contribution in [0.5, 0.6) is 0 Å². The lowest BCUT2D eigenvalue weighted by atomic mass is 10.2. The van der Waals surface area contributed by atoms with Gasteiger partial charge in [0.25, 0.3) is 5.56 Å². The normalized spacial score (nSPS) is 10.9. The highest BCUT2D eigenvalue weighted by Gasteiger charge is 2.04. The van der Waals surface area contributed by atoms with Crippen molar-refractivity contribution in [3.05, 3.63) is 64.4 Å². The smallest absolute Gasteiger partial charge is 0.265 e. The average Bonchev–Trinajstić information content (AvgIpc) is 3.12. The Morgan fingerprint density at radius 3 is 2.89 bits per heavy atom. The molecule has 3 aromatic heterocycles. The molecule has 3 rings (SSSR count). The van der Waals surface area contributed by atoms with E-state index in [4.69, 9.17) is 0 Å². The number of anilines is 1. The van der Waals surface area contributed by atoms with Crippen LogP contribution in [0.25, 0.3) is 0 Å². The minimum absolute atomic E-state index is 0.0938. The molecule has 28 heavy (non-hydrogen) atoms. The number of thioether (sulfide) groups is 2. The Hall–Kier alpha value is -2.26. The second-order valence-corrected chi connectivity index (χ2v) is 8.43. The monoisotopic (exact) mass is 416 g/mol. The third kappa shape index (κ3) is 6.42. The molecule has 0 aliphatic carbocycles. The van der Waals surface area contributed by atoms with E-state index < -0.39 is 0 Å². The molecule has 0 unspecified atom stereocenters. The highest BCUT2D eigenvalue weighted by Crippen LogP contribution is 2.15. The van der Waals surface area contributed by atoms with Crippen LogP contribution >= 0.6 is 23.5 Å². The Labute approximate surface area is 172 Å². The van der Waals surface area contributed by atoms with Crippen LogP contribution in [0.4, 0.5) is 5.95 Å². The summed E-state index contributed by atoms with van der Waals surface area (Å²) in [7, 11) is 0. The Kier molecular flexibility index (Phi) is 7.98. The van der Waals surface area contributed by atoms with Crippen molar-refractivity contribution in [1.82, 2.24) is 24.9 Å². The van der Waals surface area contributed by atoms with Crippen LogP contribution in [0.1, 0.15) is 23.4 Å². The van der Waals surface area contributed by atoms with Gasteiger partial charge < -0.3 is 10.3 Å². The fourth-order valence-electron chi connectivity index (χ4n) is 2.52. The average molecular weight is 417 g/mol. The van der Waals surface area contributed by atoms with E-state index in [1.807, 2.05) is 19.2 Å². The highest BCUT2D eigenvalue weighted by molar-refractivity contribution is 7.99. The van der Waals surface area contributed by atoms with Crippen molar-refractivity contribution in [2.45, 2.75) is 30.4 Å². The number of hydrogen-bond donors (Lipinski definition) is 3. The van der Waals surface area contributed by atoms with E-state index in [9.17, 15) is 4.79 Å². The van der Waals surface area contributed by atoms with Gasteiger partial charge in [-0.3, -0.25) is 14.8 Å². The summed E-state index contributed by atoms with van der Waals surface area (Å²) < 4.78 is 0. The maximum atomic E-state index is 12.2. The van der Waals surface area contributed by atoms with E-state index in [0.717, 1.165) is 48.0 Å². The molecule has 0 saturated heterocycles. The molecular formula is C19H24N6OS2. The fourth-order valence-corrected chi connectivity index (χ4v) is 4.22. The van der Waals surface area contributed by atoms with Gasteiger partial charge in [0.15, 0.2) is 0 Å². The van der Waals surface area contributed by atoms with E-state index in [-0.39, 0.29) is 5.56 Å². The number of imidazole rings is 1. The van der Waals surface area contributed by atoms with Gasteiger partial charge >= 0.3 is 0 Å². The molecule has 0 aliphatic heterocycles. The molecule has 0 amide bonds. The number of pyridine rings is 1. The molecule has 0 atom stereocenters. The zero-order chi connectivity index (χ0) is 19.6. The van der Waals surface area contributed by atoms with Gasteiger partial charge in [-0.2, -0.15) is 11.8 Å². The second-order valence-electron chi connectivity index (χ2n) is 6.19. The summed E-state index contributed by atoms with van der Waals surface area (Å²) in [5.74, 6) is 3.16. The summed E-state index contributed by atoms with van der Waals surface area (Å²) in [5.41, 5.74) is 3.32. The molecule has 0 fully saturated rings. The largest absolute Gasteiger partial charge is 0.355 e. The summed E-state index contributed by atoms with van der Waals surface area (Å²) in [6, 6.07) is 4.01. The summed E-state index contributed by atoms with van der Waals surface area (Å²) in [6.07, 6.45) is 8.97. The van der Waals surface area contributed by atoms with Crippen LogP contribution < -0.4 is 10.9 Å². The lowest BCUT2D eigenvalue weighted by Gasteiger charge is -2.06. The van der Waals surface area contributed by atoms with Crippen molar-refractivity contribution in [3.63, 3.8) is 0 Å². The second kappa shape index (κ2) is 10.9. The molecule has 0 saturated carbocycles. The maximum absolute atomic E-state index is 12.2. The molecule has 0 aromatic carbocycles. The van der Waals surface area contributed by atoms with Gasteiger partial charge in [0.05, 0.1) is 16.9 Å². The zero-order valence-corrected chi connectivity index (χ0v) is 17.4. The van der Waals surface area contributed by atoms with E-state index in [2.05, 4.69) is 36.3 Å². The lowest BCUT2D eigenvalue weighted by molar-refractivity contribution is 0.922. The van der Waals surface area contributed by atoms with Crippen molar-refractivity contribution in [1.29, 1.82) is 0 Å². The molecule has 7 nitrogen and oxygen atoms in total. The third-order valence-electron chi connectivity index (χ3n) is 4.07. The van der Waals surface area contributed by atoms with Crippen LogP contribution in [-0.4, -0.2) is 43.0 Å². The highest BCUT2D eigenvalue weighted by atomic mass is 32.2. The van der Waals surface area contributed by atoms with Gasteiger partial charge in [-0.15, -0.1) is 11.8 Å². The topological polar surface area (TPSA) is 99.3 Å². The SMILES string of the molecule is Cc1[nH]cnc1CSCCNc1ncc(SCCCc2cccnc2)c(=O)[nH]1. The number of rotatable bonds is 11. The Bertz CT molecular complexity index is 912. The molecule has 3 aromatic rings. The summed E-state index contributed by atoms with van der Waals surface area (Å²) in [4.78, 5) is 31.5. The van der Waals surface area contributed by atoms with Gasteiger partial charge in [-0.25, -0.2) is 9.97 Å². The van der Waals surface area contributed by atoms with Crippen LogP contribution in [-0.2, 0) is 12.2 Å². The van der Waals surface area contributed by atoms with Crippen molar-refractivity contribution < 1.29 is 0 Å². The van der Waals surface area contributed by atoms with E-state index in [0.29, 0.717) is 10.8 Å². The van der Waals surface area contributed by atoms with Gasteiger partial charge in [0, 0.05) is 42.3 Å². The number of nitrogens with one attached hydrogen (secondary N) is 3. The maximum Gasteiger partial charge on any atom is 0.265 e. The molecule has 3 N–H and O–H groups in total. The van der Waals surface area contributed by atoms with Crippen LogP contribution in [0, 0.1) is 6.92 Å². The minimum atomic E-state index is -0.0938. The van der Waals surface area contributed by atoms with E-state index in [1.165, 1.54) is 17.3 Å². The van der Waals surface area contributed by atoms with Gasteiger partial charge in [-0.1, -0.05) is 6.07 Å². The van der Waals surface area contributed by atoms with Crippen LogP contribution in [0.15, 0.2) is 46.7 Å². The summed E-state index contributed by atoms with van der Waals surface area (Å²) in [5, 5.41) is 3.16. The molecule has 0 radical (unpaired) electrons. The summed E-state index contributed by atoms with van der Waals surface area (Å²) in [6.45, 7) is 2.75. The predicted molar refractivity (Wildman–Crippen MR) is 116 cm³/mol. The Morgan fingerprint density at radius 2 is 2.14 bits per heavy atom. The molecule has 0 spiro atoms. The number of aromatic amines is 2. The predicted octanol–water partition coefficient (Wildman–Crippen LogP) is 3.27. The fraction of sp³-hybridized carbons (Fsp3) is 0.368. The lowest BCUT2D eigenvalue weighted by Crippen LogP contribution is -2.15. The van der Waals surface area contributed by atoms with Gasteiger partial charge in [-0.05, 0) is 37.1 Å². The Morgan fingerprint density at radius 1 is 1.21 bits per heavy atom. The van der Waals surface area contributed by atoms with Crippen LogP contribution in [0.2, 0.25) is 0 Å². The molecule has 0 aliphatic rings. The number of hydrogen-bond acceptors (Lipinski definition) is 7. The van der Waals surface area contributed by atoms with Gasteiger partial charge in [0.1, 0.15) is 0 Å². The minimum Gasteiger partial charge on any atom is -0.355 e. The standard InChI is InChI=1S/C19H24N6OS2/c1-14-16(24-13-23-14)12-27-9-7-21-19-22-11-17(18(26)25-19)28-8-3-5-15-4-2-6-20-10-15/h2,4,6,10-11,13H,3,5,7-9,12H2,1H3,(H,23,24)(H2,21,22,25,26). The van der Waals surface area contributed by atoms with Crippen molar-refractivity contribution >= 4 is 29.5 Å². The quantitative estimate of drug-likeness (QED) is 0.326. The first-order valence-electron chi connectivity index (χ1n) is 9.14.